The summed E-state index contributed by atoms with van der Waals surface area (Å²) in [5, 5.41) is 0. The Bertz CT molecular complexity index is 291. The quantitative estimate of drug-likeness (QED) is 0.526. The Morgan fingerprint density at radius 1 is 1.13 bits per heavy atom. The van der Waals surface area contributed by atoms with Crippen molar-refractivity contribution >= 4 is 5.76 Å². The lowest BCUT2D eigenvalue weighted by Gasteiger charge is -2.08. The first-order valence-corrected chi connectivity index (χ1v) is 5.34. The summed E-state index contributed by atoms with van der Waals surface area (Å²) in [5.74, 6) is 0.895. The smallest absolute Gasteiger partial charge is 0.124 e. The van der Waals surface area contributed by atoms with Gasteiger partial charge < -0.3 is 9.47 Å². The number of hydrogen-bond donors (Lipinski definition) is 0. The summed E-state index contributed by atoms with van der Waals surface area (Å²) in [4.78, 5) is 0. The van der Waals surface area contributed by atoms with Crippen LogP contribution in [0.5, 0.6) is 0 Å². The van der Waals surface area contributed by atoms with Crippen molar-refractivity contribution in [2.24, 2.45) is 0 Å². The van der Waals surface area contributed by atoms with Crippen LogP contribution in [0.1, 0.15) is 19.4 Å². The van der Waals surface area contributed by atoms with Crippen LogP contribution in [0.4, 0.5) is 0 Å². The third-order valence-electron chi connectivity index (χ3n) is 1.95. The number of hydrogen-bond acceptors (Lipinski definition) is 2. The van der Waals surface area contributed by atoms with Gasteiger partial charge in [0.2, 0.25) is 0 Å². The molecule has 0 atom stereocenters. The molecule has 0 bridgehead atoms. The van der Waals surface area contributed by atoms with Crippen LogP contribution in [0.2, 0.25) is 0 Å². The molecule has 82 valence electrons. The van der Waals surface area contributed by atoms with E-state index in [1.165, 1.54) is 0 Å². The maximum atomic E-state index is 5.56. The van der Waals surface area contributed by atoms with E-state index in [-0.39, 0.29) is 0 Å². The number of benzene rings is 1. The summed E-state index contributed by atoms with van der Waals surface area (Å²) < 4.78 is 10.8. The van der Waals surface area contributed by atoms with E-state index in [1.54, 1.807) is 0 Å². The van der Waals surface area contributed by atoms with Crippen LogP contribution in [0.3, 0.4) is 0 Å². The summed E-state index contributed by atoms with van der Waals surface area (Å²) in [6, 6.07) is 10.1. The number of rotatable bonds is 6. The van der Waals surface area contributed by atoms with Gasteiger partial charge in [0.25, 0.3) is 0 Å². The first kappa shape index (κ1) is 11.8. The fourth-order valence-electron chi connectivity index (χ4n) is 1.27. The predicted octanol–water partition coefficient (Wildman–Crippen LogP) is 3.10. The van der Waals surface area contributed by atoms with Crippen molar-refractivity contribution in [3.8, 4) is 0 Å². The summed E-state index contributed by atoms with van der Waals surface area (Å²) in [5.41, 5.74) is 1.10. The average Bonchev–Trinajstić information content (AvgIpc) is 2.29. The topological polar surface area (TPSA) is 18.5 Å². The second kappa shape index (κ2) is 7.07. The van der Waals surface area contributed by atoms with Gasteiger partial charge in [-0.15, -0.1) is 0 Å². The molecule has 2 nitrogen and oxygen atoms in total. The molecule has 15 heavy (non-hydrogen) atoms. The van der Waals surface area contributed by atoms with E-state index in [0.717, 1.165) is 17.9 Å². The molecule has 0 unspecified atom stereocenters. The van der Waals surface area contributed by atoms with Gasteiger partial charge in [0.1, 0.15) is 5.76 Å². The fraction of sp³-hybridized carbons (Fsp3) is 0.385. The zero-order valence-electron chi connectivity index (χ0n) is 9.40. The zero-order chi connectivity index (χ0) is 10.9. The van der Waals surface area contributed by atoms with Gasteiger partial charge in [0.15, 0.2) is 0 Å². The lowest BCUT2D eigenvalue weighted by Crippen LogP contribution is -1.95. The van der Waals surface area contributed by atoms with Crippen LogP contribution in [-0.2, 0) is 9.47 Å². The van der Waals surface area contributed by atoms with Gasteiger partial charge in [0, 0.05) is 12.2 Å². The molecule has 0 fully saturated rings. The monoisotopic (exact) mass is 206 g/mol. The normalized spacial score (nSPS) is 11.5. The van der Waals surface area contributed by atoms with Gasteiger partial charge in [-0.3, -0.25) is 0 Å². The van der Waals surface area contributed by atoms with Crippen molar-refractivity contribution < 1.29 is 9.47 Å². The Balaban J connectivity index is 2.69. The molecule has 0 spiro atoms. The molecule has 0 aromatic heterocycles. The van der Waals surface area contributed by atoms with Gasteiger partial charge in [-0.25, -0.2) is 0 Å². The molecular weight excluding hydrogens is 188 g/mol. The van der Waals surface area contributed by atoms with Crippen molar-refractivity contribution in [2.75, 3.05) is 19.8 Å². The summed E-state index contributed by atoms with van der Waals surface area (Å²) >= 11 is 0. The van der Waals surface area contributed by atoms with Gasteiger partial charge in [0.05, 0.1) is 13.2 Å². The largest absolute Gasteiger partial charge is 0.494 e. The van der Waals surface area contributed by atoms with Gasteiger partial charge in [-0.1, -0.05) is 30.3 Å². The van der Waals surface area contributed by atoms with Crippen LogP contribution in [0.25, 0.3) is 5.76 Å². The molecule has 0 N–H and O–H groups in total. The maximum Gasteiger partial charge on any atom is 0.124 e. The van der Waals surface area contributed by atoms with E-state index >= 15 is 0 Å². The molecule has 0 heterocycles. The third-order valence-corrected chi connectivity index (χ3v) is 1.95. The van der Waals surface area contributed by atoms with E-state index in [4.69, 9.17) is 9.47 Å². The molecule has 2 heteroatoms. The lowest BCUT2D eigenvalue weighted by molar-refractivity contribution is 0.175. The molecular formula is C13H18O2. The van der Waals surface area contributed by atoms with Crippen LogP contribution in [0.15, 0.2) is 36.4 Å². The lowest BCUT2D eigenvalue weighted by atomic mass is 10.2. The minimum atomic E-state index is 0.598. The first-order valence-electron chi connectivity index (χ1n) is 5.34. The Labute approximate surface area is 91.5 Å². The Hall–Kier alpha value is -1.28. The summed E-state index contributed by atoms with van der Waals surface area (Å²) in [6.45, 7) is 5.96. The fourth-order valence-corrected chi connectivity index (χ4v) is 1.27. The van der Waals surface area contributed by atoms with Gasteiger partial charge in [-0.05, 0) is 19.9 Å². The molecule has 1 aromatic carbocycles. The minimum absolute atomic E-state index is 0.598. The first-order chi connectivity index (χ1) is 7.38. The van der Waals surface area contributed by atoms with Crippen molar-refractivity contribution in [3.63, 3.8) is 0 Å². The highest BCUT2D eigenvalue weighted by molar-refractivity contribution is 5.59. The van der Waals surface area contributed by atoms with E-state index in [2.05, 4.69) is 0 Å². The predicted molar refractivity (Wildman–Crippen MR) is 62.5 cm³/mol. The molecule has 0 aliphatic rings. The van der Waals surface area contributed by atoms with Crippen molar-refractivity contribution in [1.82, 2.24) is 0 Å². The van der Waals surface area contributed by atoms with E-state index in [9.17, 15) is 0 Å². The highest BCUT2D eigenvalue weighted by Gasteiger charge is 1.99. The van der Waals surface area contributed by atoms with Crippen LogP contribution < -0.4 is 0 Å². The molecule has 0 saturated heterocycles. The molecule has 1 aromatic rings. The van der Waals surface area contributed by atoms with Gasteiger partial charge >= 0.3 is 0 Å². The van der Waals surface area contributed by atoms with E-state index in [0.29, 0.717) is 13.2 Å². The highest BCUT2D eigenvalue weighted by Crippen LogP contribution is 2.14. The number of ether oxygens (including phenoxy) is 2. The molecule has 0 aliphatic heterocycles. The molecule has 0 saturated carbocycles. The van der Waals surface area contributed by atoms with E-state index < -0.39 is 0 Å². The van der Waals surface area contributed by atoms with Gasteiger partial charge in [-0.2, -0.15) is 0 Å². The van der Waals surface area contributed by atoms with Crippen LogP contribution in [0, 0.1) is 0 Å². The Kier molecular flexibility index (Phi) is 5.56. The summed E-state index contributed by atoms with van der Waals surface area (Å²) in [6.07, 6.45) is 1.97. The second-order valence-electron chi connectivity index (χ2n) is 3.03. The standard InChI is InChI=1S/C13H18O2/c1-3-14-11-10-13(15-4-2)12-8-6-5-7-9-12/h5-10H,3-4,11H2,1-2H3/b13-10-. The van der Waals surface area contributed by atoms with Crippen molar-refractivity contribution in [2.45, 2.75) is 13.8 Å². The minimum Gasteiger partial charge on any atom is -0.494 e. The SMILES string of the molecule is CCOC/C=C(\OCC)c1ccccc1. The third kappa shape index (κ3) is 4.17. The zero-order valence-corrected chi connectivity index (χ0v) is 9.40. The molecule has 1 rings (SSSR count). The highest BCUT2D eigenvalue weighted by atomic mass is 16.5. The average molecular weight is 206 g/mol. The maximum absolute atomic E-state index is 5.56. The van der Waals surface area contributed by atoms with Crippen LogP contribution >= 0.6 is 0 Å². The molecule has 0 aliphatic carbocycles. The molecule has 0 amide bonds. The van der Waals surface area contributed by atoms with E-state index in [1.807, 2.05) is 50.3 Å². The second-order valence-corrected chi connectivity index (χ2v) is 3.03. The Morgan fingerprint density at radius 3 is 2.47 bits per heavy atom. The van der Waals surface area contributed by atoms with Crippen molar-refractivity contribution in [3.05, 3.63) is 42.0 Å². The van der Waals surface area contributed by atoms with Crippen molar-refractivity contribution in [1.29, 1.82) is 0 Å². The Morgan fingerprint density at radius 2 is 1.87 bits per heavy atom. The van der Waals surface area contributed by atoms with Crippen LogP contribution in [-0.4, -0.2) is 19.8 Å². The summed E-state index contributed by atoms with van der Waals surface area (Å²) in [7, 11) is 0. The molecule has 0 radical (unpaired) electrons.